The maximum Gasteiger partial charge on any atom is 0.262 e. The second kappa shape index (κ2) is 6.93. The summed E-state index contributed by atoms with van der Waals surface area (Å²) in [6, 6.07) is 12.3. The molecular formula is C17H17N3O4S2. The Labute approximate surface area is 157 Å². The van der Waals surface area contributed by atoms with Crippen LogP contribution in [0, 0.1) is 0 Å². The number of anilines is 2. The first-order valence-electron chi connectivity index (χ1n) is 7.74. The summed E-state index contributed by atoms with van der Waals surface area (Å²) in [5, 5.41) is 3.10. The highest BCUT2D eigenvalue weighted by atomic mass is 32.2. The van der Waals surface area contributed by atoms with Crippen molar-refractivity contribution in [1.29, 1.82) is 0 Å². The fourth-order valence-corrected chi connectivity index (χ4v) is 4.05. The molecule has 0 bridgehead atoms. The van der Waals surface area contributed by atoms with E-state index in [9.17, 15) is 13.2 Å². The van der Waals surface area contributed by atoms with Gasteiger partial charge in [0.15, 0.2) is 5.11 Å². The maximum absolute atomic E-state index is 12.7. The molecule has 1 saturated heterocycles. The van der Waals surface area contributed by atoms with E-state index in [1.54, 1.807) is 43.3 Å². The van der Waals surface area contributed by atoms with Gasteiger partial charge in [-0.05, 0) is 49.5 Å². The number of rotatable bonds is 5. The third kappa shape index (κ3) is 3.35. The van der Waals surface area contributed by atoms with Crippen LogP contribution in [0.3, 0.4) is 0 Å². The van der Waals surface area contributed by atoms with Crippen LogP contribution in [-0.4, -0.2) is 32.6 Å². The number of hydrogen-bond acceptors (Lipinski definition) is 5. The summed E-state index contributed by atoms with van der Waals surface area (Å²) in [7, 11) is -2.42. The van der Waals surface area contributed by atoms with Crippen molar-refractivity contribution in [2.75, 3.05) is 16.7 Å². The third-order valence-corrected chi connectivity index (χ3v) is 5.53. The van der Waals surface area contributed by atoms with Crippen LogP contribution in [0.2, 0.25) is 0 Å². The molecule has 2 aromatic carbocycles. The predicted octanol–water partition coefficient (Wildman–Crippen LogP) is 2.11. The number of amides is 1. The van der Waals surface area contributed by atoms with E-state index in [1.165, 1.54) is 24.1 Å². The summed E-state index contributed by atoms with van der Waals surface area (Å²) in [4.78, 5) is 13.6. The molecule has 1 fully saturated rings. The zero-order valence-electron chi connectivity index (χ0n) is 14.1. The normalized spacial score (nSPS) is 17.2. The van der Waals surface area contributed by atoms with E-state index in [2.05, 4.69) is 10.0 Å². The van der Waals surface area contributed by atoms with Crippen molar-refractivity contribution in [2.24, 2.45) is 0 Å². The maximum atomic E-state index is 12.7. The Morgan fingerprint density at radius 3 is 2.58 bits per heavy atom. The van der Waals surface area contributed by atoms with Crippen LogP contribution in [0.4, 0.5) is 11.4 Å². The lowest BCUT2D eigenvalue weighted by molar-refractivity contribution is -0.117. The van der Waals surface area contributed by atoms with Crippen molar-refractivity contribution < 1.29 is 17.9 Å². The largest absolute Gasteiger partial charge is 0.495 e. The molecule has 1 aliphatic heterocycles. The summed E-state index contributed by atoms with van der Waals surface area (Å²) in [6.07, 6.45) is 0. The summed E-state index contributed by atoms with van der Waals surface area (Å²) in [5.74, 6) is 0.170. The molecule has 0 saturated carbocycles. The zero-order valence-corrected chi connectivity index (χ0v) is 15.7. The second-order valence-corrected chi connectivity index (χ2v) is 7.72. The first-order valence-corrected chi connectivity index (χ1v) is 9.63. The van der Waals surface area contributed by atoms with Crippen molar-refractivity contribution in [3.63, 3.8) is 0 Å². The molecule has 26 heavy (non-hydrogen) atoms. The molecule has 1 aliphatic rings. The summed E-state index contributed by atoms with van der Waals surface area (Å²) < 4.78 is 33.2. The van der Waals surface area contributed by atoms with Crippen molar-refractivity contribution in [2.45, 2.75) is 17.9 Å². The molecule has 1 atom stereocenters. The van der Waals surface area contributed by atoms with E-state index in [0.717, 1.165) is 0 Å². The number of nitrogens with zero attached hydrogens (tertiary/aromatic N) is 1. The van der Waals surface area contributed by atoms with E-state index < -0.39 is 16.1 Å². The van der Waals surface area contributed by atoms with Gasteiger partial charge in [-0.2, -0.15) is 0 Å². The van der Waals surface area contributed by atoms with Gasteiger partial charge in [-0.15, -0.1) is 0 Å². The van der Waals surface area contributed by atoms with Gasteiger partial charge in [-0.3, -0.25) is 14.4 Å². The summed E-state index contributed by atoms with van der Waals surface area (Å²) in [5.41, 5.74) is 0.711. The van der Waals surface area contributed by atoms with Gasteiger partial charge in [0.25, 0.3) is 15.9 Å². The summed E-state index contributed by atoms with van der Waals surface area (Å²) in [6.45, 7) is 1.69. The highest BCUT2D eigenvalue weighted by Gasteiger charge is 2.33. The van der Waals surface area contributed by atoms with Gasteiger partial charge < -0.3 is 10.1 Å². The number of carbonyl (C=O) groups excluding carboxylic acids is 1. The SMILES string of the molecule is COc1ccccc1NS(=O)(=O)c1cccc(N2C(=O)[C@@H](C)NC2=S)c1. The van der Waals surface area contributed by atoms with Crippen molar-refractivity contribution >= 4 is 44.6 Å². The van der Waals surface area contributed by atoms with Gasteiger partial charge in [0.1, 0.15) is 11.8 Å². The topological polar surface area (TPSA) is 87.7 Å². The minimum atomic E-state index is -3.88. The van der Waals surface area contributed by atoms with Crippen LogP contribution in [0.15, 0.2) is 53.4 Å². The number of benzene rings is 2. The van der Waals surface area contributed by atoms with E-state index in [0.29, 0.717) is 17.1 Å². The average molecular weight is 391 g/mol. The lowest BCUT2D eigenvalue weighted by Crippen LogP contribution is -2.30. The number of para-hydroxylation sites is 2. The molecule has 0 unspecified atom stereocenters. The van der Waals surface area contributed by atoms with Gasteiger partial charge in [0.2, 0.25) is 0 Å². The molecular weight excluding hydrogens is 374 g/mol. The van der Waals surface area contributed by atoms with Gasteiger partial charge in [-0.1, -0.05) is 18.2 Å². The van der Waals surface area contributed by atoms with Crippen molar-refractivity contribution in [3.05, 3.63) is 48.5 Å². The number of thiocarbonyl (C=S) groups is 1. The van der Waals surface area contributed by atoms with Crippen LogP contribution in [0.1, 0.15) is 6.92 Å². The van der Waals surface area contributed by atoms with Gasteiger partial charge in [-0.25, -0.2) is 8.42 Å². The molecule has 9 heteroatoms. The van der Waals surface area contributed by atoms with Crippen LogP contribution in [0.25, 0.3) is 0 Å². The van der Waals surface area contributed by atoms with Crippen molar-refractivity contribution in [1.82, 2.24) is 5.32 Å². The molecule has 1 heterocycles. The Bertz CT molecular complexity index is 975. The molecule has 3 rings (SSSR count). The molecule has 0 aromatic heterocycles. The van der Waals surface area contributed by atoms with E-state index in [4.69, 9.17) is 17.0 Å². The molecule has 2 N–H and O–H groups in total. The Kier molecular flexibility index (Phi) is 4.84. The van der Waals surface area contributed by atoms with Gasteiger partial charge in [0, 0.05) is 0 Å². The highest BCUT2D eigenvalue weighted by molar-refractivity contribution is 7.92. The zero-order chi connectivity index (χ0) is 18.9. The molecule has 1 amide bonds. The predicted molar refractivity (Wildman–Crippen MR) is 103 cm³/mol. The van der Waals surface area contributed by atoms with E-state index >= 15 is 0 Å². The number of hydrogen-bond donors (Lipinski definition) is 2. The number of nitrogens with one attached hydrogen (secondary N) is 2. The quantitative estimate of drug-likeness (QED) is 0.759. The first-order chi connectivity index (χ1) is 12.3. The molecule has 7 nitrogen and oxygen atoms in total. The lowest BCUT2D eigenvalue weighted by Gasteiger charge is -2.16. The Balaban J connectivity index is 1.94. The summed E-state index contributed by atoms with van der Waals surface area (Å²) >= 11 is 5.16. The smallest absolute Gasteiger partial charge is 0.262 e. The molecule has 136 valence electrons. The Morgan fingerprint density at radius 2 is 1.92 bits per heavy atom. The molecule has 2 aromatic rings. The number of carbonyl (C=O) groups is 1. The highest BCUT2D eigenvalue weighted by Crippen LogP contribution is 2.28. The number of ether oxygens (including phenoxy) is 1. The van der Waals surface area contributed by atoms with Gasteiger partial charge >= 0.3 is 0 Å². The monoisotopic (exact) mass is 391 g/mol. The van der Waals surface area contributed by atoms with E-state index in [1.807, 2.05) is 0 Å². The van der Waals surface area contributed by atoms with Gasteiger partial charge in [0.05, 0.1) is 23.4 Å². The van der Waals surface area contributed by atoms with Crippen LogP contribution >= 0.6 is 12.2 Å². The first kappa shape index (κ1) is 18.2. The second-order valence-electron chi connectivity index (χ2n) is 5.65. The number of sulfonamides is 1. The minimum absolute atomic E-state index is 0.0102. The lowest BCUT2D eigenvalue weighted by atomic mass is 10.2. The fourth-order valence-electron chi connectivity index (χ4n) is 2.57. The fraction of sp³-hybridized carbons (Fsp3) is 0.176. The van der Waals surface area contributed by atoms with E-state index in [-0.39, 0.29) is 15.9 Å². The molecule has 0 radical (unpaired) electrons. The Morgan fingerprint density at radius 1 is 1.19 bits per heavy atom. The molecule has 0 aliphatic carbocycles. The van der Waals surface area contributed by atoms with Crippen molar-refractivity contribution in [3.8, 4) is 5.75 Å². The average Bonchev–Trinajstić information content (AvgIpc) is 2.87. The standard InChI is InChI=1S/C17H17N3O4S2/c1-11-16(21)20(17(25)18-11)12-6-5-7-13(10-12)26(22,23)19-14-8-3-4-9-15(14)24-2/h3-11,19H,1-2H3,(H,18,25)/t11-/m1/s1. The molecule has 0 spiro atoms. The minimum Gasteiger partial charge on any atom is -0.495 e. The number of methoxy groups -OCH3 is 1. The third-order valence-electron chi connectivity index (χ3n) is 3.87. The van der Waals surface area contributed by atoms with Crippen LogP contribution < -0.4 is 19.7 Å². The van der Waals surface area contributed by atoms with Crippen LogP contribution in [-0.2, 0) is 14.8 Å². The Hall–Kier alpha value is -2.65. The van der Waals surface area contributed by atoms with Crippen LogP contribution in [0.5, 0.6) is 5.75 Å².